The van der Waals surface area contributed by atoms with Crippen molar-refractivity contribution in [2.24, 2.45) is 5.92 Å². The van der Waals surface area contributed by atoms with Crippen LogP contribution in [0.25, 0.3) is 0 Å². The van der Waals surface area contributed by atoms with Crippen molar-refractivity contribution in [1.29, 1.82) is 0 Å². The van der Waals surface area contributed by atoms with Gasteiger partial charge in [0.1, 0.15) is 23.9 Å². The maximum absolute atomic E-state index is 13.8. The second kappa shape index (κ2) is 12.2. The smallest absolute Gasteiger partial charge is 0.202 e. The zero-order chi connectivity index (χ0) is 31.3. The fourth-order valence-corrected chi connectivity index (χ4v) is 6.87. The molecule has 2 saturated heterocycles. The number of aromatic hydroxyl groups is 2. The first-order valence-corrected chi connectivity index (χ1v) is 14.5. The van der Waals surface area contributed by atoms with E-state index in [4.69, 9.17) is 23.7 Å². The Hall–Kier alpha value is -3.43. The van der Waals surface area contributed by atoms with Crippen LogP contribution in [0.1, 0.15) is 61.9 Å². The quantitative estimate of drug-likeness (QED) is 0.276. The third kappa shape index (κ3) is 5.08. The van der Waals surface area contributed by atoms with Crippen LogP contribution in [0.2, 0.25) is 0 Å². The summed E-state index contributed by atoms with van der Waals surface area (Å²) in [6.45, 7) is 0.588. The molecule has 0 aromatic heterocycles. The van der Waals surface area contributed by atoms with E-state index in [2.05, 4.69) is 0 Å². The number of hydrogen-bond donors (Lipinski definition) is 4. The number of phenols is 2. The molecule has 0 bridgehead atoms. The van der Waals surface area contributed by atoms with E-state index in [1.807, 2.05) is 4.90 Å². The molecule has 6 rings (SSSR count). The SMILES string of the molecule is COc1cccc2c1C(=O)c1c(O)c3c(c(O)c1C2=O)C[C@@H](C(=O)CO)C[C@@H]3OC1C[C@H](N2CCO[C@H](OC)C2)[C@H](O)CO1. The molecule has 13 heteroatoms. The summed E-state index contributed by atoms with van der Waals surface area (Å²) in [5.74, 6) is -3.61. The lowest BCUT2D eigenvalue weighted by Gasteiger charge is -2.44. The van der Waals surface area contributed by atoms with E-state index in [0.717, 1.165) is 0 Å². The molecule has 0 radical (unpaired) electrons. The van der Waals surface area contributed by atoms with Gasteiger partial charge in [0.25, 0.3) is 0 Å². The van der Waals surface area contributed by atoms with Crippen molar-refractivity contribution in [3.8, 4) is 17.2 Å². The number of nitrogens with zero attached hydrogens (tertiary/aromatic N) is 1. The number of morpholine rings is 1. The van der Waals surface area contributed by atoms with Gasteiger partial charge >= 0.3 is 0 Å². The minimum atomic E-state index is -1.06. The molecule has 2 aliphatic carbocycles. The second-order valence-electron chi connectivity index (χ2n) is 11.4. The van der Waals surface area contributed by atoms with E-state index < -0.39 is 66.2 Å². The molecule has 2 heterocycles. The number of benzene rings is 2. The first-order valence-electron chi connectivity index (χ1n) is 14.5. The summed E-state index contributed by atoms with van der Waals surface area (Å²) < 4.78 is 28.4. The summed E-state index contributed by atoms with van der Waals surface area (Å²) in [6.07, 6.45) is -3.09. The van der Waals surface area contributed by atoms with Crippen LogP contribution in [0.5, 0.6) is 17.2 Å². The number of hydrogen-bond acceptors (Lipinski definition) is 13. The summed E-state index contributed by atoms with van der Waals surface area (Å²) in [5, 5.41) is 43.6. The van der Waals surface area contributed by atoms with Gasteiger partial charge in [-0.3, -0.25) is 19.3 Å². The number of carbonyl (C=O) groups excluding carboxylic acids is 3. The predicted molar refractivity (Wildman–Crippen MR) is 150 cm³/mol. The minimum absolute atomic E-state index is 0.0105. The molecule has 6 atom stereocenters. The predicted octanol–water partition coefficient (Wildman–Crippen LogP) is 0.844. The van der Waals surface area contributed by atoms with Crippen molar-refractivity contribution in [1.82, 2.24) is 4.90 Å². The third-order valence-corrected chi connectivity index (χ3v) is 9.09. The van der Waals surface area contributed by atoms with E-state index >= 15 is 0 Å². The van der Waals surface area contributed by atoms with Gasteiger partial charge in [0.2, 0.25) is 5.78 Å². The molecule has 2 aromatic carbocycles. The number of ether oxygens (including phenoxy) is 5. The number of Topliss-reactive ketones (excluding diaryl/α,β-unsaturated/α-hetero) is 1. The Labute approximate surface area is 252 Å². The molecule has 2 aromatic rings. The van der Waals surface area contributed by atoms with E-state index in [1.54, 1.807) is 13.2 Å². The summed E-state index contributed by atoms with van der Waals surface area (Å²) >= 11 is 0. The molecule has 0 spiro atoms. The molecule has 2 fully saturated rings. The van der Waals surface area contributed by atoms with Crippen LogP contribution in [0.4, 0.5) is 0 Å². The lowest BCUT2D eigenvalue weighted by atomic mass is 9.73. The van der Waals surface area contributed by atoms with Crippen molar-refractivity contribution >= 4 is 17.3 Å². The molecule has 13 nitrogen and oxygen atoms in total. The lowest BCUT2D eigenvalue weighted by molar-refractivity contribution is -0.241. The molecule has 1 unspecified atom stereocenters. The molecule has 2 aliphatic heterocycles. The number of ketones is 3. The molecular formula is C31H35NO12. The number of methoxy groups -OCH3 is 2. The van der Waals surface area contributed by atoms with E-state index in [-0.39, 0.29) is 71.0 Å². The van der Waals surface area contributed by atoms with Crippen LogP contribution in [0.3, 0.4) is 0 Å². The lowest BCUT2D eigenvalue weighted by Crippen LogP contribution is -2.57. The van der Waals surface area contributed by atoms with Gasteiger partial charge in [-0.15, -0.1) is 0 Å². The Morgan fingerprint density at radius 1 is 1.02 bits per heavy atom. The number of rotatable bonds is 7. The molecule has 0 saturated carbocycles. The number of aliphatic hydroxyl groups excluding tert-OH is 2. The van der Waals surface area contributed by atoms with Crippen molar-refractivity contribution < 1.29 is 58.5 Å². The Balaban J connectivity index is 1.38. The molecule has 4 N–H and O–H groups in total. The highest BCUT2D eigenvalue weighted by Crippen LogP contribution is 2.51. The Morgan fingerprint density at radius 3 is 2.52 bits per heavy atom. The molecule has 4 aliphatic rings. The second-order valence-corrected chi connectivity index (χ2v) is 11.4. The fraction of sp³-hybridized carbons (Fsp3) is 0.516. The standard InChI is InChI=1S/C31H35NO12/c1-40-20-5-3-4-15-24(20)30(38)27-26(28(15)36)29(37)16-8-14(18(34)12-33)9-21(25(16)31(27)39)44-22-10-17(19(35)13-43-22)32-6-7-42-23(11-32)41-2/h3-5,14,17,19,21-23,33,35,37,39H,6-13H2,1-2H3/t14-,17+,19-,21+,22?,23+/m1/s1. The first-order chi connectivity index (χ1) is 21.2. The number of aliphatic hydroxyl groups is 2. The highest BCUT2D eigenvalue weighted by Gasteiger charge is 2.45. The third-order valence-electron chi connectivity index (χ3n) is 9.09. The average Bonchev–Trinajstić information content (AvgIpc) is 3.04. The van der Waals surface area contributed by atoms with Gasteiger partial charge in [0.15, 0.2) is 24.1 Å². The van der Waals surface area contributed by atoms with Crippen molar-refractivity contribution in [2.75, 3.05) is 47.1 Å². The first kappa shape index (κ1) is 30.6. The van der Waals surface area contributed by atoms with Gasteiger partial charge in [0.05, 0.1) is 49.2 Å². The Bertz CT molecular complexity index is 1490. The Kier molecular flexibility index (Phi) is 8.46. The van der Waals surface area contributed by atoms with Crippen LogP contribution in [0, 0.1) is 5.92 Å². The van der Waals surface area contributed by atoms with Crippen LogP contribution in [-0.2, 0) is 30.2 Å². The normalized spacial score (nSPS) is 28.6. The summed E-state index contributed by atoms with van der Waals surface area (Å²) in [6, 6.07) is 4.14. The molecule has 44 heavy (non-hydrogen) atoms. The van der Waals surface area contributed by atoms with E-state index in [1.165, 1.54) is 19.2 Å². The summed E-state index contributed by atoms with van der Waals surface area (Å²) in [4.78, 5) is 42.2. The molecule has 236 valence electrons. The van der Waals surface area contributed by atoms with Crippen LogP contribution in [-0.4, -0.2) is 115 Å². The monoisotopic (exact) mass is 613 g/mol. The summed E-state index contributed by atoms with van der Waals surface area (Å²) in [7, 11) is 2.90. The van der Waals surface area contributed by atoms with E-state index in [0.29, 0.717) is 19.7 Å². The Morgan fingerprint density at radius 2 is 1.80 bits per heavy atom. The van der Waals surface area contributed by atoms with Crippen molar-refractivity contribution in [3.63, 3.8) is 0 Å². The minimum Gasteiger partial charge on any atom is -0.507 e. The average molecular weight is 614 g/mol. The number of carbonyl (C=O) groups is 3. The van der Waals surface area contributed by atoms with Crippen LogP contribution in [0.15, 0.2) is 18.2 Å². The zero-order valence-corrected chi connectivity index (χ0v) is 24.4. The van der Waals surface area contributed by atoms with Gasteiger partial charge in [-0.25, -0.2) is 0 Å². The maximum atomic E-state index is 13.8. The molecule has 0 amide bonds. The van der Waals surface area contributed by atoms with Gasteiger partial charge in [-0.05, 0) is 18.9 Å². The van der Waals surface area contributed by atoms with Crippen molar-refractivity contribution in [2.45, 2.75) is 50.1 Å². The largest absolute Gasteiger partial charge is 0.507 e. The number of fused-ring (bicyclic) bond motifs is 3. The van der Waals surface area contributed by atoms with Crippen LogP contribution < -0.4 is 4.74 Å². The highest BCUT2D eigenvalue weighted by atomic mass is 16.7. The number of phenolic OH excluding ortho intramolecular Hbond substituents is 2. The summed E-state index contributed by atoms with van der Waals surface area (Å²) in [5.41, 5.74) is -0.598. The van der Waals surface area contributed by atoms with E-state index in [9.17, 15) is 34.8 Å². The van der Waals surface area contributed by atoms with Crippen LogP contribution >= 0.6 is 0 Å². The van der Waals surface area contributed by atoms with Gasteiger partial charge in [-0.2, -0.15) is 0 Å². The fourth-order valence-electron chi connectivity index (χ4n) is 6.87. The highest BCUT2D eigenvalue weighted by molar-refractivity contribution is 6.31. The zero-order valence-electron chi connectivity index (χ0n) is 24.4. The maximum Gasteiger partial charge on any atom is 0.202 e. The van der Waals surface area contributed by atoms with Gasteiger partial charge in [0, 0.05) is 55.3 Å². The molecular weight excluding hydrogens is 578 g/mol. The topological polar surface area (TPSA) is 182 Å². The van der Waals surface area contributed by atoms with Gasteiger partial charge < -0.3 is 44.1 Å². The van der Waals surface area contributed by atoms with Gasteiger partial charge in [-0.1, -0.05) is 12.1 Å². The van der Waals surface area contributed by atoms with Crippen molar-refractivity contribution in [3.05, 3.63) is 51.6 Å².